The fraction of sp³-hybridized carbons (Fsp3) is 0.263. The molecule has 25 heavy (non-hydrogen) atoms. The van der Waals surface area contributed by atoms with Gasteiger partial charge >= 0.3 is 12.0 Å². The number of carboxylic acids is 1. The lowest BCUT2D eigenvalue weighted by atomic mass is 9.99. The van der Waals surface area contributed by atoms with Crippen LogP contribution < -0.4 is 5.32 Å². The molecule has 0 radical (unpaired) electrons. The summed E-state index contributed by atoms with van der Waals surface area (Å²) in [7, 11) is 0. The second-order valence-corrected chi connectivity index (χ2v) is 6.58. The molecule has 2 aromatic carbocycles. The molecule has 0 saturated carbocycles. The van der Waals surface area contributed by atoms with Gasteiger partial charge in [0.05, 0.1) is 5.56 Å². The van der Waals surface area contributed by atoms with E-state index in [-0.39, 0.29) is 11.6 Å². The Morgan fingerprint density at radius 1 is 1.12 bits per heavy atom. The number of aromatic carboxylic acids is 1. The van der Waals surface area contributed by atoms with Crippen LogP contribution in [0.4, 0.5) is 4.79 Å². The molecular weight excluding hydrogens is 340 g/mol. The molecule has 2 amide bonds. The molecule has 3 rings (SSSR count). The molecular formula is C19H19ClN2O3. The van der Waals surface area contributed by atoms with Crippen molar-refractivity contribution in [2.75, 3.05) is 13.1 Å². The van der Waals surface area contributed by atoms with E-state index in [1.165, 1.54) is 17.7 Å². The van der Waals surface area contributed by atoms with Gasteiger partial charge in [0.2, 0.25) is 0 Å². The summed E-state index contributed by atoms with van der Waals surface area (Å²) < 4.78 is 0. The monoisotopic (exact) mass is 358 g/mol. The van der Waals surface area contributed by atoms with Gasteiger partial charge in [0.15, 0.2) is 0 Å². The number of carbonyl (C=O) groups is 2. The fourth-order valence-electron chi connectivity index (χ4n) is 3.01. The SMILES string of the molecule is O=C(O)c1ccc(CNC(=O)N2CCC(c3ccc(Cl)cc3)C2)cc1. The quantitative estimate of drug-likeness (QED) is 0.874. The maximum Gasteiger partial charge on any atom is 0.335 e. The maximum absolute atomic E-state index is 12.3. The minimum atomic E-state index is -0.958. The van der Waals surface area contributed by atoms with Gasteiger partial charge in [0, 0.05) is 30.6 Å². The smallest absolute Gasteiger partial charge is 0.335 e. The van der Waals surface area contributed by atoms with Crippen LogP contribution in [0.3, 0.4) is 0 Å². The van der Waals surface area contributed by atoms with E-state index in [9.17, 15) is 9.59 Å². The molecule has 2 N–H and O–H groups in total. The third kappa shape index (κ3) is 4.31. The molecule has 5 nitrogen and oxygen atoms in total. The van der Waals surface area contributed by atoms with Crippen LogP contribution in [0.15, 0.2) is 48.5 Å². The van der Waals surface area contributed by atoms with Crippen LogP contribution in [-0.2, 0) is 6.54 Å². The lowest BCUT2D eigenvalue weighted by Gasteiger charge is -2.17. The molecule has 1 unspecified atom stereocenters. The Bertz CT molecular complexity index is 759. The first kappa shape index (κ1) is 17.3. The number of urea groups is 1. The van der Waals surface area contributed by atoms with Crippen LogP contribution in [0.2, 0.25) is 5.02 Å². The molecule has 1 aliphatic rings. The summed E-state index contributed by atoms with van der Waals surface area (Å²) in [6, 6.07) is 14.2. The Kier molecular flexibility index (Phi) is 5.24. The lowest BCUT2D eigenvalue weighted by molar-refractivity contribution is 0.0697. The first-order valence-electron chi connectivity index (χ1n) is 8.13. The first-order chi connectivity index (χ1) is 12.0. The summed E-state index contributed by atoms with van der Waals surface area (Å²) in [5, 5.41) is 12.5. The van der Waals surface area contributed by atoms with Gasteiger partial charge in [-0.15, -0.1) is 0 Å². The summed E-state index contributed by atoms with van der Waals surface area (Å²) in [4.78, 5) is 25.0. The number of carbonyl (C=O) groups excluding carboxylic acids is 1. The Hall–Kier alpha value is -2.53. The van der Waals surface area contributed by atoms with Crippen molar-refractivity contribution in [3.05, 3.63) is 70.2 Å². The molecule has 6 heteroatoms. The lowest BCUT2D eigenvalue weighted by Crippen LogP contribution is -2.37. The van der Waals surface area contributed by atoms with Crippen molar-refractivity contribution in [1.29, 1.82) is 0 Å². The number of benzene rings is 2. The Labute approximate surface area is 151 Å². The predicted octanol–water partition coefficient (Wildman–Crippen LogP) is 3.74. The Balaban J connectivity index is 1.52. The van der Waals surface area contributed by atoms with Crippen LogP contribution >= 0.6 is 11.6 Å². The summed E-state index contributed by atoms with van der Waals surface area (Å²) in [5.74, 6) is -0.626. The highest BCUT2D eigenvalue weighted by molar-refractivity contribution is 6.30. The summed E-state index contributed by atoms with van der Waals surface area (Å²) in [6.45, 7) is 1.78. The van der Waals surface area contributed by atoms with Crippen molar-refractivity contribution >= 4 is 23.6 Å². The van der Waals surface area contributed by atoms with Crippen LogP contribution in [0.25, 0.3) is 0 Å². The maximum atomic E-state index is 12.3. The zero-order chi connectivity index (χ0) is 17.8. The highest BCUT2D eigenvalue weighted by atomic mass is 35.5. The largest absolute Gasteiger partial charge is 0.478 e. The van der Waals surface area contributed by atoms with Gasteiger partial charge in [0.25, 0.3) is 0 Å². The van der Waals surface area contributed by atoms with Gasteiger partial charge < -0.3 is 15.3 Å². The number of hydrogen-bond donors (Lipinski definition) is 2. The third-order valence-corrected chi connectivity index (χ3v) is 4.71. The van der Waals surface area contributed by atoms with Gasteiger partial charge in [-0.1, -0.05) is 35.9 Å². The van der Waals surface area contributed by atoms with Gasteiger partial charge in [-0.3, -0.25) is 0 Å². The molecule has 0 spiro atoms. The minimum absolute atomic E-state index is 0.0984. The molecule has 1 aliphatic heterocycles. The van der Waals surface area contributed by atoms with Crippen molar-refractivity contribution in [3.8, 4) is 0 Å². The van der Waals surface area contributed by atoms with Gasteiger partial charge in [-0.25, -0.2) is 9.59 Å². The average molecular weight is 359 g/mol. The number of nitrogens with one attached hydrogen (secondary N) is 1. The Morgan fingerprint density at radius 2 is 1.80 bits per heavy atom. The summed E-state index contributed by atoms with van der Waals surface area (Å²) >= 11 is 5.92. The van der Waals surface area contributed by atoms with Crippen LogP contribution in [0, 0.1) is 0 Å². The fourth-order valence-corrected chi connectivity index (χ4v) is 3.13. The molecule has 130 valence electrons. The zero-order valence-corrected chi connectivity index (χ0v) is 14.4. The summed E-state index contributed by atoms with van der Waals surface area (Å²) in [6.07, 6.45) is 0.933. The van der Waals surface area contributed by atoms with E-state index in [2.05, 4.69) is 5.32 Å². The zero-order valence-electron chi connectivity index (χ0n) is 13.6. The highest BCUT2D eigenvalue weighted by Crippen LogP contribution is 2.28. The van der Waals surface area contributed by atoms with Crippen molar-refractivity contribution in [2.24, 2.45) is 0 Å². The number of amides is 2. The van der Waals surface area contributed by atoms with Crippen molar-refractivity contribution < 1.29 is 14.7 Å². The van der Waals surface area contributed by atoms with Gasteiger partial charge in [-0.2, -0.15) is 0 Å². The van der Waals surface area contributed by atoms with E-state index < -0.39 is 5.97 Å². The Morgan fingerprint density at radius 3 is 2.44 bits per heavy atom. The molecule has 0 aliphatic carbocycles. The predicted molar refractivity (Wildman–Crippen MR) is 96.0 cm³/mol. The number of nitrogens with zero attached hydrogens (tertiary/aromatic N) is 1. The van der Waals surface area contributed by atoms with E-state index in [0.29, 0.717) is 24.0 Å². The highest BCUT2D eigenvalue weighted by Gasteiger charge is 2.27. The number of carboxylic acid groups (broad SMARTS) is 1. The van der Waals surface area contributed by atoms with Gasteiger partial charge in [0.1, 0.15) is 0 Å². The molecule has 1 heterocycles. The molecule has 0 bridgehead atoms. The number of halogens is 1. The number of hydrogen-bond acceptors (Lipinski definition) is 2. The topological polar surface area (TPSA) is 69.6 Å². The normalized spacial score (nSPS) is 16.7. The second-order valence-electron chi connectivity index (χ2n) is 6.14. The van der Waals surface area contributed by atoms with E-state index in [0.717, 1.165) is 18.5 Å². The standard InChI is InChI=1S/C19H19ClN2O3/c20-17-7-5-14(6-8-17)16-9-10-22(12-16)19(25)21-11-13-1-3-15(4-2-13)18(23)24/h1-8,16H,9-12H2,(H,21,25)(H,23,24). The van der Waals surface area contributed by atoms with Crippen LogP contribution in [0.5, 0.6) is 0 Å². The molecule has 1 fully saturated rings. The van der Waals surface area contributed by atoms with Crippen molar-refractivity contribution in [2.45, 2.75) is 18.9 Å². The van der Waals surface area contributed by atoms with E-state index in [1.54, 1.807) is 12.1 Å². The number of likely N-dealkylation sites (tertiary alicyclic amines) is 1. The second kappa shape index (κ2) is 7.57. The number of rotatable bonds is 4. The summed E-state index contributed by atoms with van der Waals surface area (Å²) in [5.41, 5.74) is 2.30. The minimum Gasteiger partial charge on any atom is -0.478 e. The average Bonchev–Trinajstić information content (AvgIpc) is 3.11. The van der Waals surface area contributed by atoms with Gasteiger partial charge in [-0.05, 0) is 41.8 Å². The molecule has 1 saturated heterocycles. The first-order valence-corrected chi connectivity index (χ1v) is 8.51. The van der Waals surface area contributed by atoms with E-state index in [4.69, 9.17) is 16.7 Å². The third-order valence-electron chi connectivity index (χ3n) is 4.46. The van der Waals surface area contributed by atoms with E-state index >= 15 is 0 Å². The van der Waals surface area contributed by atoms with Crippen molar-refractivity contribution in [3.63, 3.8) is 0 Å². The van der Waals surface area contributed by atoms with Crippen LogP contribution in [0.1, 0.15) is 33.8 Å². The molecule has 1 atom stereocenters. The van der Waals surface area contributed by atoms with Crippen LogP contribution in [-0.4, -0.2) is 35.1 Å². The van der Waals surface area contributed by atoms with E-state index in [1.807, 2.05) is 29.2 Å². The molecule has 0 aromatic heterocycles. The van der Waals surface area contributed by atoms with Crippen molar-refractivity contribution in [1.82, 2.24) is 10.2 Å². The molecule has 2 aromatic rings.